The van der Waals surface area contributed by atoms with Gasteiger partial charge in [-0.05, 0) is 11.1 Å². The Morgan fingerprint density at radius 1 is 0.682 bits per heavy atom. The van der Waals surface area contributed by atoms with Crippen LogP contribution in [-0.4, -0.2) is 14.5 Å². The van der Waals surface area contributed by atoms with Gasteiger partial charge in [-0.3, -0.25) is 9.97 Å². The highest BCUT2D eigenvalue weighted by Gasteiger charge is 2.20. The molecule has 6 nitrogen and oxygen atoms in total. The lowest BCUT2D eigenvalue weighted by molar-refractivity contribution is 0.579. The molecular formula is C16H13N3O3. The first-order valence-electron chi connectivity index (χ1n) is 6.72. The largest absolute Gasteiger partial charge is 0.334 e. The van der Waals surface area contributed by atoms with Gasteiger partial charge in [0.2, 0.25) is 0 Å². The minimum absolute atomic E-state index is 0.615. The Morgan fingerprint density at radius 2 is 1.09 bits per heavy atom. The van der Waals surface area contributed by atoms with Gasteiger partial charge in [0.05, 0.1) is 6.04 Å². The van der Waals surface area contributed by atoms with E-state index in [1.807, 2.05) is 60.7 Å². The molecule has 6 heteroatoms. The standard InChI is InChI=1S/C16H13N3O3/c20-14-17-15(21)19(16(22)18-14)13(11-7-3-1-4-8-11)12-9-5-2-6-10-12/h1-10,13H,(H2,17,18,20,21,22). The molecule has 22 heavy (non-hydrogen) atoms. The van der Waals surface area contributed by atoms with Crippen LogP contribution < -0.4 is 17.1 Å². The van der Waals surface area contributed by atoms with Gasteiger partial charge in [0.25, 0.3) is 0 Å². The fourth-order valence-corrected chi connectivity index (χ4v) is 2.43. The summed E-state index contributed by atoms with van der Waals surface area (Å²) in [6.45, 7) is 0. The van der Waals surface area contributed by atoms with Crippen LogP contribution in [0.5, 0.6) is 0 Å². The summed E-state index contributed by atoms with van der Waals surface area (Å²) in [7, 11) is 0. The predicted molar refractivity (Wildman–Crippen MR) is 82.1 cm³/mol. The van der Waals surface area contributed by atoms with E-state index in [0.717, 1.165) is 15.7 Å². The summed E-state index contributed by atoms with van der Waals surface area (Å²) in [5, 5.41) is 0. The number of aromatic amines is 2. The molecule has 0 radical (unpaired) electrons. The summed E-state index contributed by atoms with van der Waals surface area (Å²) in [4.78, 5) is 39.7. The van der Waals surface area contributed by atoms with Gasteiger partial charge in [0.15, 0.2) is 0 Å². The van der Waals surface area contributed by atoms with Crippen LogP contribution in [0.15, 0.2) is 75.0 Å². The summed E-state index contributed by atoms with van der Waals surface area (Å²) in [6, 6.07) is 17.7. The predicted octanol–water partition coefficient (Wildman–Crippen LogP) is 0.863. The lowest BCUT2D eigenvalue weighted by atomic mass is 9.98. The van der Waals surface area contributed by atoms with Gasteiger partial charge in [-0.25, -0.2) is 19.0 Å². The lowest BCUT2D eigenvalue weighted by Crippen LogP contribution is -2.45. The molecule has 0 bridgehead atoms. The highest BCUT2D eigenvalue weighted by molar-refractivity contribution is 5.32. The van der Waals surface area contributed by atoms with Crippen LogP contribution in [0, 0.1) is 0 Å². The highest BCUT2D eigenvalue weighted by Crippen LogP contribution is 2.23. The summed E-state index contributed by atoms with van der Waals surface area (Å²) in [6.07, 6.45) is 0. The third kappa shape index (κ3) is 2.54. The summed E-state index contributed by atoms with van der Waals surface area (Å²) in [5.41, 5.74) is -0.759. The second kappa shape index (κ2) is 5.69. The van der Waals surface area contributed by atoms with Gasteiger partial charge in [0, 0.05) is 0 Å². The van der Waals surface area contributed by atoms with Gasteiger partial charge in [-0.15, -0.1) is 0 Å². The zero-order chi connectivity index (χ0) is 15.5. The maximum atomic E-state index is 12.1. The van der Waals surface area contributed by atoms with Gasteiger partial charge in [-0.1, -0.05) is 60.7 Å². The minimum Gasteiger partial charge on any atom is -0.259 e. The third-order valence-corrected chi connectivity index (χ3v) is 3.37. The molecule has 1 aromatic heterocycles. The van der Waals surface area contributed by atoms with E-state index in [9.17, 15) is 14.4 Å². The van der Waals surface area contributed by atoms with Crippen LogP contribution in [0.25, 0.3) is 0 Å². The number of hydrogen-bond acceptors (Lipinski definition) is 3. The Bertz CT molecular complexity index is 866. The van der Waals surface area contributed by atoms with Crippen molar-refractivity contribution in [2.45, 2.75) is 6.04 Å². The topological polar surface area (TPSA) is 87.7 Å². The average molecular weight is 295 g/mol. The molecule has 0 saturated heterocycles. The van der Waals surface area contributed by atoms with Crippen molar-refractivity contribution in [1.29, 1.82) is 0 Å². The molecule has 0 spiro atoms. The molecule has 2 aromatic carbocycles. The molecule has 0 amide bonds. The van der Waals surface area contributed by atoms with Crippen LogP contribution in [0.4, 0.5) is 0 Å². The second-order valence-corrected chi connectivity index (χ2v) is 4.78. The minimum atomic E-state index is -0.814. The zero-order valence-electron chi connectivity index (χ0n) is 11.5. The van der Waals surface area contributed by atoms with E-state index in [1.165, 1.54) is 0 Å². The van der Waals surface area contributed by atoms with Crippen molar-refractivity contribution < 1.29 is 0 Å². The van der Waals surface area contributed by atoms with Crippen LogP contribution >= 0.6 is 0 Å². The van der Waals surface area contributed by atoms with Crippen molar-refractivity contribution >= 4 is 0 Å². The van der Waals surface area contributed by atoms with E-state index in [0.29, 0.717) is 0 Å². The lowest BCUT2D eigenvalue weighted by Gasteiger charge is -2.19. The Kier molecular flexibility index (Phi) is 3.57. The van der Waals surface area contributed by atoms with Crippen LogP contribution in [-0.2, 0) is 0 Å². The summed E-state index contributed by atoms with van der Waals surface area (Å²) >= 11 is 0. The van der Waals surface area contributed by atoms with Gasteiger partial charge in [-0.2, -0.15) is 0 Å². The quantitative estimate of drug-likeness (QED) is 0.751. The van der Waals surface area contributed by atoms with Crippen LogP contribution in [0.1, 0.15) is 17.2 Å². The molecule has 0 aliphatic heterocycles. The van der Waals surface area contributed by atoms with Crippen molar-refractivity contribution in [2.75, 3.05) is 0 Å². The van der Waals surface area contributed by atoms with E-state index in [4.69, 9.17) is 0 Å². The summed E-state index contributed by atoms with van der Waals surface area (Å²) in [5.74, 6) is 0. The summed E-state index contributed by atoms with van der Waals surface area (Å²) < 4.78 is 1.01. The molecule has 0 aliphatic rings. The molecule has 0 atom stereocenters. The van der Waals surface area contributed by atoms with Gasteiger partial charge < -0.3 is 0 Å². The molecule has 0 fully saturated rings. The highest BCUT2D eigenvalue weighted by atomic mass is 16.2. The molecule has 0 aliphatic carbocycles. The first-order chi connectivity index (χ1) is 10.7. The van der Waals surface area contributed by atoms with Crippen LogP contribution in [0.3, 0.4) is 0 Å². The Hall–Kier alpha value is -3.15. The van der Waals surface area contributed by atoms with Crippen molar-refractivity contribution in [3.05, 3.63) is 103 Å². The van der Waals surface area contributed by atoms with Crippen LogP contribution in [0.2, 0.25) is 0 Å². The smallest absolute Gasteiger partial charge is 0.259 e. The van der Waals surface area contributed by atoms with Crippen molar-refractivity contribution in [3.8, 4) is 0 Å². The molecule has 2 N–H and O–H groups in total. The molecule has 1 heterocycles. The fraction of sp³-hybridized carbons (Fsp3) is 0.0625. The first-order valence-corrected chi connectivity index (χ1v) is 6.72. The van der Waals surface area contributed by atoms with E-state index >= 15 is 0 Å². The number of aromatic nitrogens is 3. The van der Waals surface area contributed by atoms with E-state index in [-0.39, 0.29) is 0 Å². The normalized spacial score (nSPS) is 10.8. The Balaban J connectivity index is 2.31. The second-order valence-electron chi connectivity index (χ2n) is 4.78. The SMILES string of the molecule is O=c1[nH]c(=O)n(C(c2ccccc2)c2ccccc2)c(=O)[nH]1. The zero-order valence-corrected chi connectivity index (χ0v) is 11.5. The molecule has 3 rings (SSSR count). The monoisotopic (exact) mass is 295 g/mol. The maximum absolute atomic E-state index is 12.1. The molecule has 3 aromatic rings. The first kappa shape index (κ1) is 13.8. The number of hydrogen-bond donors (Lipinski definition) is 2. The molecular weight excluding hydrogens is 282 g/mol. The van der Waals surface area contributed by atoms with E-state index in [1.54, 1.807) is 0 Å². The number of rotatable bonds is 3. The number of nitrogens with zero attached hydrogens (tertiary/aromatic N) is 1. The molecule has 0 unspecified atom stereocenters. The van der Waals surface area contributed by atoms with E-state index < -0.39 is 23.1 Å². The van der Waals surface area contributed by atoms with Crippen molar-refractivity contribution in [1.82, 2.24) is 14.5 Å². The number of H-pyrrole nitrogens is 2. The molecule has 0 saturated carbocycles. The molecule has 110 valence electrons. The van der Waals surface area contributed by atoms with Gasteiger partial charge in [0.1, 0.15) is 0 Å². The Labute approximate surface area is 124 Å². The average Bonchev–Trinajstić information content (AvgIpc) is 2.52. The number of benzene rings is 2. The Morgan fingerprint density at radius 3 is 1.50 bits per heavy atom. The number of nitrogens with one attached hydrogen (secondary N) is 2. The van der Waals surface area contributed by atoms with E-state index in [2.05, 4.69) is 9.97 Å². The van der Waals surface area contributed by atoms with Gasteiger partial charge >= 0.3 is 17.1 Å². The fourth-order valence-electron chi connectivity index (χ4n) is 2.43. The maximum Gasteiger partial charge on any atom is 0.334 e. The van der Waals surface area contributed by atoms with Crippen molar-refractivity contribution in [2.24, 2.45) is 0 Å². The van der Waals surface area contributed by atoms with Crippen molar-refractivity contribution in [3.63, 3.8) is 0 Å². The third-order valence-electron chi connectivity index (χ3n) is 3.37.